The zero-order valence-electron chi connectivity index (χ0n) is 21.4. The number of thiophene rings is 1. The molecule has 10 heteroatoms. The van der Waals surface area contributed by atoms with Gasteiger partial charge in [0.25, 0.3) is 0 Å². The predicted octanol–water partition coefficient (Wildman–Crippen LogP) is 7.78. The normalized spacial score (nSPS) is 22.5. The molecule has 3 aromatic heterocycles. The highest BCUT2D eigenvalue weighted by Crippen LogP contribution is 2.47. The number of anilines is 1. The Kier molecular flexibility index (Phi) is 6.50. The molecule has 3 atom stereocenters. The molecule has 39 heavy (non-hydrogen) atoms. The Bertz CT molecular complexity index is 1510. The van der Waals surface area contributed by atoms with Crippen molar-refractivity contribution in [2.45, 2.75) is 76.2 Å². The fourth-order valence-corrected chi connectivity index (χ4v) is 8.31. The quantitative estimate of drug-likeness (QED) is 0.227. The highest BCUT2D eigenvalue weighted by molar-refractivity contribution is 7.16. The highest BCUT2D eigenvalue weighted by atomic mass is 35.5. The first-order valence-corrected chi connectivity index (χ1v) is 15.5. The minimum Gasteiger partial charge on any atom is -0.478 e. The number of rotatable bonds is 8. The number of benzene rings is 1. The van der Waals surface area contributed by atoms with Crippen LogP contribution in [-0.2, 0) is 11.3 Å². The molecule has 3 fully saturated rings. The molecule has 0 amide bonds. The summed E-state index contributed by atoms with van der Waals surface area (Å²) in [6.45, 7) is 2.53. The Hall–Kier alpha value is -2.72. The Morgan fingerprint density at radius 3 is 2.67 bits per heavy atom. The van der Waals surface area contributed by atoms with Crippen LogP contribution in [0.2, 0.25) is 5.02 Å². The van der Waals surface area contributed by atoms with Crippen LogP contribution in [0.3, 0.4) is 0 Å². The fourth-order valence-electron chi connectivity index (χ4n) is 6.11. The lowest BCUT2D eigenvalue weighted by molar-refractivity contribution is 0.0147. The molecular formula is C29H28ClN3O4S2. The molecule has 0 unspecified atom stereocenters. The zero-order valence-corrected chi connectivity index (χ0v) is 23.8. The van der Waals surface area contributed by atoms with Gasteiger partial charge in [-0.05, 0) is 63.1 Å². The van der Waals surface area contributed by atoms with Gasteiger partial charge >= 0.3 is 5.97 Å². The van der Waals surface area contributed by atoms with Crippen molar-refractivity contribution >= 4 is 45.4 Å². The van der Waals surface area contributed by atoms with E-state index in [0.717, 1.165) is 82.4 Å². The number of ether oxygens (including phenoxy) is 1. The molecule has 1 aromatic carbocycles. The topological polar surface area (TPSA) is 88.7 Å². The molecule has 0 spiro atoms. The van der Waals surface area contributed by atoms with Gasteiger partial charge in [0.2, 0.25) is 0 Å². The molecule has 2 aliphatic heterocycles. The van der Waals surface area contributed by atoms with Crippen LogP contribution in [0.15, 0.2) is 39.5 Å². The van der Waals surface area contributed by atoms with Gasteiger partial charge in [0.1, 0.15) is 11.5 Å². The van der Waals surface area contributed by atoms with Crippen LogP contribution in [0.5, 0.6) is 0 Å². The Balaban J connectivity index is 1.07. The SMILES string of the molecule is Cc1cccc(Cl)c1-c1noc(C2CC2)c1CO[C@H]1C[C@H]2CC[C@@H](C1)N2c1nc(-c2cc(C(=O)O)cs2)cs1. The van der Waals surface area contributed by atoms with Crippen molar-refractivity contribution in [2.24, 2.45) is 0 Å². The van der Waals surface area contributed by atoms with E-state index in [2.05, 4.69) is 23.0 Å². The van der Waals surface area contributed by atoms with Crippen molar-refractivity contribution in [3.8, 4) is 21.8 Å². The smallest absolute Gasteiger partial charge is 0.336 e. The molecule has 7 nitrogen and oxygen atoms in total. The van der Waals surface area contributed by atoms with Gasteiger partial charge in [-0.2, -0.15) is 0 Å². The van der Waals surface area contributed by atoms with Crippen molar-refractivity contribution in [3.63, 3.8) is 0 Å². The van der Waals surface area contributed by atoms with Gasteiger partial charge in [0.05, 0.1) is 33.9 Å². The maximum atomic E-state index is 11.3. The van der Waals surface area contributed by atoms with E-state index in [1.165, 1.54) is 11.3 Å². The van der Waals surface area contributed by atoms with Crippen molar-refractivity contribution in [1.82, 2.24) is 10.1 Å². The van der Waals surface area contributed by atoms with Crippen molar-refractivity contribution in [1.29, 1.82) is 0 Å². The van der Waals surface area contributed by atoms with E-state index in [1.54, 1.807) is 22.8 Å². The summed E-state index contributed by atoms with van der Waals surface area (Å²) in [7, 11) is 0. The van der Waals surface area contributed by atoms with Gasteiger partial charge in [-0.3, -0.25) is 0 Å². The van der Waals surface area contributed by atoms with Crippen LogP contribution in [0, 0.1) is 6.92 Å². The van der Waals surface area contributed by atoms with Gasteiger partial charge in [0.15, 0.2) is 5.13 Å². The van der Waals surface area contributed by atoms with E-state index < -0.39 is 5.97 Å². The number of aryl methyl sites for hydroxylation is 1. The van der Waals surface area contributed by atoms with Crippen LogP contribution in [0.25, 0.3) is 21.8 Å². The number of carboxylic acid groups (broad SMARTS) is 1. The number of fused-ring (bicyclic) bond motifs is 2. The maximum absolute atomic E-state index is 11.3. The summed E-state index contributed by atoms with van der Waals surface area (Å²) in [5, 5.41) is 19.2. The Labute approximate surface area is 239 Å². The molecule has 5 heterocycles. The number of carbonyl (C=O) groups is 1. The first-order valence-electron chi connectivity index (χ1n) is 13.4. The molecule has 202 valence electrons. The number of hydrogen-bond donors (Lipinski definition) is 1. The van der Waals surface area contributed by atoms with Crippen LogP contribution in [0.4, 0.5) is 5.13 Å². The van der Waals surface area contributed by atoms with Gasteiger partial charge in [-0.25, -0.2) is 9.78 Å². The lowest BCUT2D eigenvalue weighted by Gasteiger charge is -2.38. The molecule has 1 aliphatic carbocycles. The van der Waals surface area contributed by atoms with Crippen molar-refractivity contribution in [2.75, 3.05) is 4.90 Å². The molecule has 2 saturated heterocycles. The summed E-state index contributed by atoms with van der Waals surface area (Å²) in [5.74, 6) is 0.483. The number of nitrogens with zero attached hydrogens (tertiary/aromatic N) is 3. The number of aromatic carboxylic acids is 1. The average Bonchev–Trinajstić information content (AvgIpc) is 3.25. The monoisotopic (exact) mass is 581 g/mol. The minimum absolute atomic E-state index is 0.163. The van der Waals surface area contributed by atoms with Crippen LogP contribution in [0.1, 0.15) is 71.7 Å². The maximum Gasteiger partial charge on any atom is 0.336 e. The third-order valence-corrected chi connectivity index (χ3v) is 10.3. The van der Waals surface area contributed by atoms with Gasteiger partial charge in [-0.15, -0.1) is 22.7 Å². The van der Waals surface area contributed by atoms with Gasteiger partial charge in [-0.1, -0.05) is 28.9 Å². The number of carboxylic acids is 1. The van der Waals surface area contributed by atoms with Crippen LogP contribution < -0.4 is 4.90 Å². The standard InChI is InChI=1S/C29H28ClN3O4S2/c1-15-3-2-4-22(30)25(15)26-21(27(37-32-26)16-5-6-16)12-36-20-10-18-7-8-19(11-20)33(18)29-31-23(14-39-29)24-9-17(13-38-24)28(34)35/h2-4,9,13-14,16,18-20H,5-8,10-12H2,1H3,(H,34,35)/t18-,19+,20+. The molecule has 1 N–H and O–H groups in total. The lowest BCUT2D eigenvalue weighted by Crippen LogP contribution is -2.45. The first kappa shape index (κ1) is 25.3. The van der Waals surface area contributed by atoms with E-state index in [0.29, 0.717) is 35.2 Å². The molecule has 0 radical (unpaired) electrons. The first-order chi connectivity index (χ1) is 19.0. The largest absolute Gasteiger partial charge is 0.478 e. The third-order valence-electron chi connectivity index (χ3n) is 8.19. The van der Waals surface area contributed by atoms with E-state index in [1.807, 2.05) is 17.5 Å². The number of hydrogen-bond acceptors (Lipinski definition) is 8. The zero-order chi connectivity index (χ0) is 26.7. The molecule has 4 aromatic rings. The summed E-state index contributed by atoms with van der Waals surface area (Å²) in [6, 6.07) is 8.41. The number of thiazole rings is 1. The summed E-state index contributed by atoms with van der Waals surface area (Å²) >= 11 is 9.68. The van der Waals surface area contributed by atoms with Crippen LogP contribution in [-0.4, -0.2) is 39.4 Å². The third kappa shape index (κ3) is 4.69. The van der Waals surface area contributed by atoms with Gasteiger partial charge < -0.3 is 19.3 Å². The van der Waals surface area contributed by atoms with Crippen molar-refractivity contribution in [3.05, 3.63) is 62.5 Å². The van der Waals surface area contributed by atoms with E-state index >= 15 is 0 Å². The Morgan fingerprint density at radius 2 is 1.97 bits per heavy atom. The van der Waals surface area contributed by atoms with E-state index in [9.17, 15) is 9.90 Å². The summed E-state index contributed by atoms with van der Waals surface area (Å²) in [6.07, 6.45) is 6.60. The predicted molar refractivity (Wildman–Crippen MR) is 153 cm³/mol. The molecule has 1 saturated carbocycles. The fraction of sp³-hybridized carbons (Fsp3) is 0.414. The Morgan fingerprint density at radius 1 is 1.18 bits per heavy atom. The highest BCUT2D eigenvalue weighted by Gasteiger charge is 2.43. The number of halogens is 1. The van der Waals surface area contributed by atoms with Crippen molar-refractivity contribution < 1.29 is 19.2 Å². The average molecular weight is 582 g/mol. The lowest BCUT2D eigenvalue weighted by atomic mass is 9.99. The summed E-state index contributed by atoms with van der Waals surface area (Å²) < 4.78 is 12.5. The summed E-state index contributed by atoms with van der Waals surface area (Å²) in [5.41, 5.74) is 5.04. The van der Waals surface area contributed by atoms with Gasteiger partial charge in [0, 0.05) is 39.9 Å². The number of aromatic nitrogens is 2. The number of piperidine rings is 1. The second kappa shape index (κ2) is 10.0. The van der Waals surface area contributed by atoms with E-state index in [-0.39, 0.29) is 6.10 Å². The minimum atomic E-state index is -0.905. The van der Waals surface area contributed by atoms with E-state index in [4.69, 9.17) is 25.8 Å². The second-order valence-corrected chi connectivity index (χ2v) is 13.0. The molecule has 7 rings (SSSR count). The van der Waals surface area contributed by atoms with Crippen LogP contribution >= 0.6 is 34.3 Å². The summed E-state index contributed by atoms with van der Waals surface area (Å²) in [4.78, 5) is 19.6. The molecule has 2 bridgehead atoms. The molecule has 3 aliphatic rings. The second-order valence-electron chi connectivity index (χ2n) is 10.8. The molecular weight excluding hydrogens is 554 g/mol.